The SMILES string of the molecule is Cn1ccc(NS(=O)(=O)c2c[nH]c3ccc(N)cc23)n1. The van der Waals surface area contributed by atoms with Crippen molar-refractivity contribution in [3.05, 3.63) is 36.7 Å². The number of nitrogens with two attached hydrogens (primary N) is 1. The maximum atomic E-state index is 12.4. The summed E-state index contributed by atoms with van der Waals surface area (Å²) in [5.74, 6) is 0.269. The van der Waals surface area contributed by atoms with Crippen molar-refractivity contribution in [1.82, 2.24) is 14.8 Å². The molecular weight excluding hydrogens is 278 g/mol. The molecule has 0 atom stereocenters. The molecule has 0 spiro atoms. The lowest BCUT2D eigenvalue weighted by atomic mass is 10.2. The Morgan fingerprint density at radius 2 is 2.15 bits per heavy atom. The molecule has 0 saturated heterocycles. The van der Waals surface area contributed by atoms with Crippen LogP contribution in [-0.4, -0.2) is 23.2 Å². The van der Waals surface area contributed by atoms with Gasteiger partial charge in [-0.25, -0.2) is 8.42 Å². The van der Waals surface area contributed by atoms with Gasteiger partial charge in [0.25, 0.3) is 10.0 Å². The number of benzene rings is 1. The molecule has 0 amide bonds. The summed E-state index contributed by atoms with van der Waals surface area (Å²) in [5, 5.41) is 4.54. The molecule has 20 heavy (non-hydrogen) atoms. The van der Waals surface area contributed by atoms with Crippen molar-refractivity contribution in [2.24, 2.45) is 7.05 Å². The zero-order valence-corrected chi connectivity index (χ0v) is 11.5. The van der Waals surface area contributed by atoms with Gasteiger partial charge < -0.3 is 10.7 Å². The molecule has 3 rings (SSSR count). The van der Waals surface area contributed by atoms with Crippen LogP contribution < -0.4 is 10.5 Å². The first-order chi connectivity index (χ1) is 9.45. The summed E-state index contributed by atoms with van der Waals surface area (Å²) in [6.45, 7) is 0. The first-order valence-electron chi connectivity index (χ1n) is 5.85. The van der Waals surface area contributed by atoms with Crippen LogP contribution in [0.5, 0.6) is 0 Å². The van der Waals surface area contributed by atoms with Gasteiger partial charge in [-0.3, -0.25) is 9.40 Å². The van der Waals surface area contributed by atoms with Crippen molar-refractivity contribution in [3.63, 3.8) is 0 Å². The van der Waals surface area contributed by atoms with Crippen LogP contribution in [-0.2, 0) is 17.1 Å². The average molecular weight is 291 g/mol. The standard InChI is InChI=1S/C12H13N5O2S/c1-17-5-4-12(15-17)16-20(18,19)11-7-14-10-3-2-8(13)6-9(10)11/h2-7,14H,13H2,1H3,(H,15,16). The monoisotopic (exact) mass is 291 g/mol. The number of anilines is 2. The van der Waals surface area contributed by atoms with Crippen molar-refractivity contribution in [1.29, 1.82) is 0 Å². The smallest absolute Gasteiger partial charge is 0.265 e. The number of fused-ring (bicyclic) bond motifs is 1. The van der Waals surface area contributed by atoms with Gasteiger partial charge in [0.05, 0.1) is 0 Å². The number of sulfonamides is 1. The maximum Gasteiger partial charge on any atom is 0.265 e. The third-order valence-corrected chi connectivity index (χ3v) is 4.30. The minimum Gasteiger partial charge on any atom is -0.399 e. The van der Waals surface area contributed by atoms with Crippen LogP contribution in [0.25, 0.3) is 10.9 Å². The number of H-pyrrole nitrogens is 1. The van der Waals surface area contributed by atoms with E-state index in [0.29, 0.717) is 16.6 Å². The lowest BCUT2D eigenvalue weighted by Crippen LogP contribution is -2.13. The fraction of sp³-hybridized carbons (Fsp3) is 0.0833. The molecule has 0 aliphatic carbocycles. The van der Waals surface area contributed by atoms with Crippen molar-refractivity contribution in [2.45, 2.75) is 4.90 Å². The van der Waals surface area contributed by atoms with Crippen LogP contribution in [0.15, 0.2) is 41.6 Å². The maximum absolute atomic E-state index is 12.4. The van der Waals surface area contributed by atoms with Gasteiger partial charge in [0.15, 0.2) is 5.82 Å². The quantitative estimate of drug-likeness (QED) is 0.632. The van der Waals surface area contributed by atoms with E-state index in [2.05, 4.69) is 14.8 Å². The van der Waals surface area contributed by atoms with Crippen LogP contribution in [0.1, 0.15) is 0 Å². The van der Waals surface area contributed by atoms with Gasteiger partial charge >= 0.3 is 0 Å². The molecule has 3 aromatic rings. The average Bonchev–Trinajstić information content (AvgIpc) is 2.95. The van der Waals surface area contributed by atoms with Crippen LogP contribution >= 0.6 is 0 Å². The lowest BCUT2D eigenvalue weighted by molar-refractivity contribution is 0.601. The Morgan fingerprint density at radius 3 is 2.85 bits per heavy atom. The molecule has 0 aliphatic rings. The number of hydrogen-bond acceptors (Lipinski definition) is 4. The topological polar surface area (TPSA) is 106 Å². The Balaban J connectivity index is 2.07. The molecule has 0 bridgehead atoms. The number of aromatic amines is 1. The van der Waals surface area contributed by atoms with Crippen LogP contribution in [0.4, 0.5) is 11.5 Å². The number of aryl methyl sites for hydroxylation is 1. The first-order valence-corrected chi connectivity index (χ1v) is 7.33. The van der Waals surface area contributed by atoms with E-state index in [1.807, 2.05) is 0 Å². The van der Waals surface area contributed by atoms with E-state index in [1.54, 1.807) is 37.5 Å². The van der Waals surface area contributed by atoms with Gasteiger partial charge in [-0.2, -0.15) is 5.10 Å². The summed E-state index contributed by atoms with van der Waals surface area (Å²) >= 11 is 0. The number of nitrogen functional groups attached to an aromatic ring is 1. The summed E-state index contributed by atoms with van der Waals surface area (Å²) in [5.41, 5.74) is 6.92. The molecule has 2 heterocycles. The van der Waals surface area contributed by atoms with Crippen molar-refractivity contribution in [2.75, 3.05) is 10.5 Å². The minimum absolute atomic E-state index is 0.144. The normalized spacial score (nSPS) is 11.8. The van der Waals surface area contributed by atoms with Crippen LogP contribution in [0.2, 0.25) is 0 Å². The molecule has 1 aromatic carbocycles. The summed E-state index contributed by atoms with van der Waals surface area (Å²) in [6.07, 6.45) is 3.10. The highest BCUT2D eigenvalue weighted by molar-refractivity contribution is 7.93. The van der Waals surface area contributed by atoms with Gasteiger partial charge in [0.1, 0.15) is 4.90 Å². The van der Waals surface area contributed by atoms with E-state index >= 15 is 0 Å². The molecule has 2 aromatic heterocycles. The van der Waals surface area contributed by atoms with Gasteiger partial charge in [0.2, 0.25) is 0 Å². The van der Waals surface area contributed by atoms with Crippen molar-refractivity contribution < 1.29 is 8.42 Å². The first kappa shape index (κ1) is 12.5. The second kappa shape index (κ2) is 4.27. The van der Waals surface area contributed by atoms with Crippen molar-refractivity contribution in [3.8, 4) is 0 Å². The Bertz CT molecular complexity index is 878. The van der Waals surface area contributed by atoms with Gasteiger partial charge in [-0.05, 0) is 18.2 Å². The predicted octanol–water partition coefficient (Wildman–Crippen LogP) is 1.28. The summed E-state index contributed by atoms with van der Waals surface area (Å²) < 4.78 is 28.7. The third kappa shape index (κ3) is 2.10. The second-order valence-electron chi connectivity index (χ2n) is 4.44. The third-order valence-electron chi connectivity index (χ3n) is 2.91. The molecule has 0 aliphatic heterocycles. The number of hydrogen-bond donors (Lipinski definition) is 3. The molecule has 0 saturated carbocycles. The molecule has 104 valence electrons. The molecule has 0 radical (unpaired) electrons. The van der Waals surface area contributed by atoms with Gasteiger partial charge in [-0.15, -0.1) is 0 Å². The largest absolute Gasteiger partial charge is 0.399 e. The fourth-order valence-electron chi connectivity index (χ4n) is 2.00. The Morgan fingerprint density at radius 1 is 1.35 bits per heavy atom. The minimum atomic E-state index is -3.71. The highest BCUT2D eigenvalue weighted by Crippen LogP contribution is 2.26. The lowest BCUT2D eigenvalue weighted by Gasteiger charge is -2.04. The highest BCUT2D eigenvalue weighted by atomic mass is 32.2. The fourth-order valence-corrected chi connectivity index (χ4v) is 3.16. The van der Waals surface area contributed by atoms with Crippen molar-refractivity contribution >= 4 is 32.4 Å². The number of rotatable bonds is 3. The Labute approximate surface area is 115 Å². The van der Waals surface area contributed by atoms with E-state index in [1.165, 1.54) is 10.9 Å². The molecule has 0 unspecified atom stereocenters. The molecule has 7 nitrogen and oxygen atoms in total. The summed E-state index contributed by atoms with van der Waals surface area (Å²) in [4.78, 5) is 3.06. The van der Waals surface area contributed by atoms with Gasteiger partial charge in [-0.1, -0.05) is 0 Å². The van der Waals surface area contributed by atoms with E-state index in [-0.39, 0.29) is 10.7 Å². The summed E-state index contributed by atoms with van der Waals surface area (Å²) in [6, 6.07) is 6.66. The zero-order valence-electron chi connectivity index (χ0n) is 10.7. The molecule has 4 N–H and O–H groups in total. The van der Waals surface area contributed by atoms with E-state index in [9.17, 15) is 8.42 Å². The Kier molecular flexibility index (Phi) is 2.68. The zero-order chi connectivity index (χ0) is 14.3. The van der Waals surface area contributed by atoms with Gasteiger partial charge in [0, 0.05) is 42.1 Å². The molecular formula is C12H13N5O2S. The number of nitrogens with one attached hydrogen (secondary N) is 2. The Hall–Kier alpha value is -2.48. The molecule has 0 fully saturated rings. The van der Waals surface area contributed by atoms with Crippen LogP contribution in [0.3, 0.4) is 0 Å². The van der Waals surface area contributed by atoms with E-state index in [4.69, 9.17) is 5.73 Å². The second-order valence-corrected chi connectivity index (χ2v) is 6.09. The summed E-state index contributed by atoms with van der Waals surface area (Å²) in [7, 11) is -2.00. The number of nitrogens with zero attached hydrogens (tertiary/aromatic N) is 2. The van der Waals surface area contributed by atoms with Crippen LogP contribution in [0, 0.1) is 0 Å². The highest BCUT2D eigenvalue weighted by Gasteiger charge is 2.20. The van der Waals surface area contributed by atoms with E-state index in [0.717, 1.165) is 0 Å². The molecule has 8 heteroatoms. The van der Waals surface area contributed by atoms with E-state index < -0.39 is 10.0 Å². The predicted molar refractivity (Wildman–Crippen MR) is 76.7 cm³/mol. The number of aromatic nitrogens is 3.